The molecule has 2 heterocycles. The molecule has 0 radical (unpaired) electrons. The first-order valence-electron chi connectivity index (χ1n) is 20.8. The topological polar surface area (TPSA) is 222 Å². The van der Waals surface area contributed by atoms with Crippen molar-refractivity contribution in [2.24, 2.45) is 11.6 Å². The van der Waals surface area contributed by atoms with E-state index in [1.807, 2.05) is 50.3 Å². The Bertz CT molecular complexity index is 2340. The normalized spacial score (nSPS) is 15.3. The van der Waals surface area contributed by atoms with Crippen molar-refractivity contribution in [3.63, 3.8) is 0 Å². The van der Waals surface area contributed by atoms with E-state index >= 15 is 0 Å². The molecule has 7 N–H and O–H groups in total. The molecule has 1 aliphatic rings. The van der Waals surface area contributed by atoms with Crippen molar-refractivity contribution < 1.29 is 47.9 Å². The van der Waals surface area contributed by atoms with E-state index in [0.717, 1.165) is 11.1 Å². The van der Waals surface area contributed by atoms with Gasteiger partial charge in [-0.05, 0) is 42.8 Å². The Labute approximate surface area is 366 Å². The summed E-state index contributed by atoms with van der Waals surface area (Å²) in [6, 6.07) is 18.1. The van der Waals surface area contributed by atoms with E-state index in [1.54, 1.807) is 40.3 Å². The molecule has 0 fully saturated rings. The number of amides is 2. The number of fused-ring (bicyclic) bond motifs is 2. The van der Waals surface area contributed by atoms with E-state index in [-0.39, 0.29) is 34.0 Å². The molecule has 1 aromatic heterocycles. The lowest BCUT2D eigenvalue weighted by Gasteiger charge is -2.33. The van der Waals surface area contributed by atoms with Crippen LogP contribution in [-0.2, 0) is 35.0 Å². The van der Waals surface area contributed by atoms with Gasteiger partial charge in [0.05, 0.1) is 102 Å². The Kier molecular flexibility index (Phi) is 18.5. The summed E-state index contributed by atoms with van der Waals surface area (Å²) in [7, 11) is 0. The minimum absolute atomic E-state index is 0.0257. The Hall–Kier alpha value is -6.27. The molecule has 3 aromatic carbocycles. The van der Waals surface area contributed by atoms with Gasteiger partial charge >= 0.3 is 0 Å². The van der Waals surface area contributed by atoms with Crippen LogP contribution in [0.4, 0.5) is 0 Å². The van der Waals surface area contributed by atoms with E-state index in [1.165, 1.54) is 18.2 Å². The number of benzene rings is 3. The molecular weight excluding hydrogens is 811 g/mol. The molecule has 0 spiro atoms. The molecule has 5 rings (SSSR count). The van der Waals surface area contributed by atoms with Gasteiger partial charge < -0.3 is 59.3 Å². The third-order valence-electron chi connectivity index (χ3n) is 9.91. The predicted molar refractivity (Wildman–Crippen MR) is 239 cm³/mol. The maximum absolute atomic E-state index is 13.1. The van der Waals surface area contributed by atoms with Crippen LogP contribution in [0.2, 0.25) is 0 Å². The number of hydrogen-bond acceptors (Lipinski definition) is 14. The van der Waals surface area contributed by atoms with Gasteiger partial charge in [-0.25, -0.2) is 5.84 Å². The van der Waals surface area contributed by atoms with Crippen LogP contribution in [0.3, 0.4) is 0 Å². The largest absolute Gasteiger partial charge is 0.504 e. The predicted octanol–water partition coefficient (Wildman–Crippen LogP) is 4.96. The van der Waals surface area contributed by atoms with Gasteiger partial charge in [-0.2, -0.15) is 0 Å². The summed E-state index contributed by atoms with van der Waals surface area (Å²) in [5.41, 5.74) is 11.3. The average molecular weight is 868 g/mol. The van der Waals surface area contributed by atoms with E-state index in [2.05, 4.69) is 11.9 Å². The zero-order chi connectivity index (χ0) is 45.1. The highest BCUT2D eigenvalue weighted by molar-refractivity contribution is 5.94. The van der Waals surface area contributed by atoms with Gasteiger partial charge in [0, 0.05) is 41.3 Å². The van der Waals surface area contributed by atoms with Gasteiger partial charge in [-0.15, -0.1) is 0 Å². The molecule has 0 saturated heterocycles. The van der Waals surface area contributed by atoms with Crippen molar-refractivity contribution in [3.05, 3.63) is 135 Å². The van der Waals surface area contributed by atoms with Gasteiger partial charge in [0.2, 0.25) is 11.7 Å². The zero-order valence-corrected chi connectivity index (χ0v) is 35.8. The number of rotatable bonds is 24. The Balaban J connectivity index is 0.899. The van der Waals surface area contributed by atoms with Crippen LogP contribution in [0.5, 0.6) is 11.5 Å². The number of ether oxygens (including phenoxy) is 5. The van der Waals surface area contributed by atoms with E-state index in [9.17, 15) is 24.6 Å². The molecule has 0 aliphatic carbocycles. The van der Waals surface area contributed by atoms with Crippen LogP contribution in [0.15, 0.2) is 118 Å². The first-order chi connectivity index (χ1) is 30.6. The highest BCUT2D eigenvalue weighted by Crippen LogP contribution is 2.35. The first-order valence-corrected chi connectivity index (χ1v) is 20.8. The summed E-state index contributed by atoms with van der Waals surface area (Å²) in [6.45, 7) is 12.4. The third kappa shape index (κ3) is 12.9. The minimum Gasteiger partial charge on any atom is -0.504 e. The molecule has 0 atom stereocenters. The molecule has 16 nitrogen and oxygen atoms in total. The number of nitrogens with one attached hydrogen (secondary N) is 1. The number of hydrogen-bond donors (Lipinski definition) is 5. The average Bonchev–Trinajstić information content (AvgIpc) is 3.28. The van der Waals surface area contributed by atoms with Crippen LogP contribution in [0.1, 0.15) is 41.8 Å². The van der Waals surface area contributed by atoms with Crippen molar-refractivity contribution in [1.82, 2.24) is 15.2 Å². The molecular formula is C47H57N5O11. The van der Waals surface area contributed by atoms with Gasteiger partial charge in [0.15, 0.2) is 16.8 Å². The maximum atomic E-state index is 13.1. The SMILES string of the molecule is C=CC1=C(\C=C/C)N(C(=O)CC)Cc2ccccc2/C(N(N)CCOCCOCCOCCOCCOCCNC(=O)c2ccc(-c3cc(=O)c4ccc(O)c(O)c4o3)cc2)=C\1N. The number of carbonyl (C=O) groups excluding carboxylic acids is 2. The fourth-order valence-electron chi connectivity index (χ4n) is 6.69. The molecule has 4 aromatic rings. The lowest BCUT2D eigenvalue weighted by atomic mass is 9.95. The van der Waals surface area contributed by atoms with E-state index in [0.29, 0.717) is 126 Å². The van der Waals surface area contributed by atoms with Gasteiger partial charge in [0.25, 0.3) is 5.91 Å². The fraction of sp³-hybridized carbons (Fsp3) is 0.340. The maximum Gasteiger partial charge on any atom is 0.251 e. The highest BCUT2D eigenvalue weighted by Gasteiger charge is 2.27. The van der Waals surface area contributed by atoms with Crippen LogP contribution in [-0.4, -0.2) is 111 Å². The van der Waals surface area contributed by atoms with Crippen LogP contribution < -0.4 is 22.3 Å². The molecule has 1 aliphatic heterocycles. The monoisotopic (exact) mass is 867 g/mol. The molecule has 0 unspecified atom stereocenters. The third-order valence-corrected chi connectivity index (χ3v) is 9.91. The minimum atomic E-state index is -0.517. The summed E-state index contributed by atoms with van der Waals surface area (Å²) in [4.78, 5) is 39.9. The van der Waals surface area contributed by atoms with Gasteiger partial charge in [-0.1, -0.05) is 62.1 Å². The van der Waals surface area contributed by atoms with Crippen LogP contribution in [0, 0.1) is 0 Å². The standard InChI is InChI=1S/C47H57N5O11/c1-4-9-38-35(5-2)43(48)44(36-11-8-7-10-34(36)31-51(38)42(55)6-3)52(49)19-21-59-23-25-61-27-29-62-28-26-60-24-22-58-20-18-50-47(57)33-14-12-32(13-15-33)41-30-40(54)37-16-17-39(53)45(56)46(37)63-41/h4-5,7-17,30,53,56H,2,6,18-29,31,48-49H2,1,3H3,(H,50,57)/b9-4-,38-35-,44-43-. The summed E-state index contributed by atoms with van der Waals surface area (Å²) < 4.78 is 33.8. The van der Waals surface area contributed by atoms with Crippen molar-refractivity contribution in [1.29, 1.82) is 0 Å². The van der Waals surface area contributed by atoms with Crippen molar-refractivity contribution >= 4 is 28.5 Å². The number of aromatic hydroxyl groups is 2. The number of nitrogens with zero attached hydrogens (tertiary/aromatic N) is 2. The fourth-order valence-corrected chi connectivity index (χ4v) is 6.69. The van der Waals surface area contributed by atoms with Crippen molar-refractivity contribution in [2.45, 2.75) is 26.8 Å². The second-order valence-electron chi connectivity index (χ2n) is 14.1. The molecule has 16 heteroatoms. The Morgan fingerprint density at radius 3 is 2.13 bits per heavy atom. The number of phenols is 2. The number of hydrazine groups is 1. The van der Waals surface area contributed by atoms with Crippen LogP contribution >= 0.6 is 0 Å². The smallest absolute Gasteiger partial charge is 0.251 e. The number of phenolic OH excluding ortho intramolecular Hbond substituents is 2. The highest BCUT2D eigenvalue weighted by atomic mass is 16.6. The molecule has 0 bridgehead atoms. The summed E-state index contributed by atoms with van der Waals surface area (Å²) in [6.07, 6.45) is 5.74. The quantitative estimate of drug-likeness (QED) is 0.0272. The zero-order valence-electron chi connectivity index (χ0n) is 35.8. The first kappa shape index (κ1) is 47.8. The lowest BCUT2D eigenvalue weighted by Crippen LogP contribution is -2.37. The van der Waals surface area contributed by atoms with E-state index < -0.39 is 11.5 Å². The second kappa shape index (κ2) is 24.4. The Morgan fingerprint density at radius 1 is 0.889 bits per heavy atom. The van der Waals surface area contributed by atoms with Crippen molar-refractivity contribution in [3.8, 4) is 22.8 Å². The summed E-state index contributed by atoms with van der Waals surface area (Å²) in [5, 5.41) is 24.4. The summed E-state index contributed by atoms with van der Waals surface area (Å²) >= 11 is 0. The lowest BCUT2D eigenvalue weighted by molar-refractivity contribution is -0.129. The Morgan fingerprint density at radius 2 is 1.51 bits per heavy atom. The molecule has 0 saturated carbocycles. The molecule has 336 valence electrons. The van der Waals surface area contributed by atoms with E-state index in [4.69, 9.17) is 39.7 Å². The molecule has 2 amide bonds. The van der Waals surface area contributed by atoms with Crippen molar-refractivity contribution in [2.75, 3.05) is 79.2 Å². The summed E-state index contributed by atoms with van der Waals surface area (Å²) in [5.74, 6) is 5.57. The second-order valence-corrected chi connectivity index (χ2v) is 14.1. The van der Waals surface area contributed by atoms with Gasteiger partial charge in [-0.3, -0.25) is 14.4 Å². The number of nitrogens with two attached hydrogens (primary N) is 2. The van der Waals surface area contributed by atoms with Gasteiger partial charge in [0.1, 0.15) is 5.76 Å². The number of carbonyl (C=O) groups is 2. The molecule has 63 heavy (non-hydrogen) atoms. The number of allylic oxidation sites excluding steroid dienone is 3. The van der Waals surface area contributed by atoms with Crippen LogP contribution in [0.25, 0.3) is 28.0 Å².